The number of ketones is 1. The summed E-state index contributed by atoms with van der Waals surface area (Å²) < 4.78 is 2.00. The predicted octanol–water partition coefficient (Wildman–Crippen LogP) is 0.288. The second-order valence-corrected chi connectivity index (χ2v) is 4.04. The van der Waals surface area contributed by atoms with E-state index in [1.165, 1.54) is 0 Å². The zero-order chi connectivity index (χ0) is 10.8. The molecule has 0 bridgehead atoms. The number of hydrogen-bond acceptors (Lipinski definition) is 4. The second-order valence-electron chi connectivity index (χ2n) is 4.04. The fourth-order valence-electron chi connectivity index (χ4n) is 1.75. The van der Waals surface area contributed by atoms with Gasteiger partial charge in [-0.25, -0.2) is 0 Å². The smallest absolute Gasteiger partial charge is 0.146 e. The van der Waals surface area contributed by atoms with Crippen LogP contribution in [0.15, 0.2) is 0 Å². The quantitative estimate of drug-likeness (QED) is 0.701. The second kappa shape index (κ2) is 4.10. The van der Waals surface area contributed by atoms with E-state index in [2.05, 4.69) is 15.1 Å². The first-order chi connectivity index (χ1) is 7.16. The summed E-state index contributed by atoms with van der Waals surface area (Å²) in [5, 5.41) is 8.13. The maximum atomic E-state index is 11.1. The van der Waals surface area contributed by atoms with Gasteiger partial charge in [0.05, 0.1) is 6.54 Å². The third kappa shape index (κ3) is 2.23. The van der Waals surface area contributed by atoms with Gasteiger partial charge in [-0.15, -0.1) is 10.2 Å². The minimum Gasteiger partial charge on any atom is -0.317 e. The Kier molecular flexibility index (Phi) is 2.81. The van der Waals surface area contributed by atoms with Crippen LogP contribution >= 0.6 is 0 Å². The van der Waals surface area contributed by atoms with E-state index >= 15 is 0 Å². The first-order valence-corrected chi connectivity index (χ1v) is 5.26. The van der Waals surface area contributed by atoms with Gasteiger partial charge in [0.25, 0.3) is 0 Å². The van der Waals surface area contributed by atoms with Crippen LogP contribution in [0.25, 0.3) is 0 Å². The molecule has 0 aliphatic carbocycles. The van der Waals surface area contributed by atoms with Gasteiger partial charge >= 0.3 is 0 Å². The van der Waals surface area contributed by atoms with E-state index in [-0.39, 0.29) is 0 Å². The van der Waals surface area contributed by atoms with Crippen molar-refractivity contribution in [1.29, 1.82) is 0 Å². The molecule has 0 amide bonds. The molecule has 0 N–H and O–H groups in total. The molecular weight excluding hydrogens is 192 g/mol. The average molecular weight is 208 g/mol. The third-order valence-electron chi connectivity index (χ3n) is 2.96. The van der Waals surface area contributed by atoms with Crippen LogP contribution in [0.5, 0.6) is 0 Å². The summed E-state index contributed by atoms with van der Waals surface area (Å²) in [6.45, 7) is 4.44. The lowest BCUT2D eigenvalue weighted by molar-refractivity contribution is -0.121. The summed E-state index contributed by atoms with van der Waals surface area (Å²) in [6, 6.07) is 0. The van der Waals surface area contributed by atoms with Gasteiger partial charge in [-0.1, -0.05) is 0 Å². The van der Waals surface area contributed by atoms with Crippen LogP contribution in [-0.2, 0) is 18.4 Å². The van der Waals surface area contributed by atoms with Gasteiger partial charge in [-0.3, -0.25) is 9.69 Å². The SMILES string of the molecule is Cc1nnc(CN2CCC(=O)CC2)n1C. The topological polar surface area (TPSA) is 51.0 Å². The van der Waals surface area contributed by atoms with Crippen molar-refractivity contribution < 1.29 is 4.79 Å². The molecular formula is C10H16N4O. The monoisotopic (exact) mass is 208 g/mol. The van der Waals surface area contributed by atoms with Crippen LogP contribution in [0.1, 0.15) is 24.5 Å². The van der Waals surface area contributed by atoms with E-state index < -0.39 is 0 Å². The lowest BCUT2D eigenvalue weighted by Crippen LogP contribution is -2.34. The van der Waals surface area contributed by atoms with Crippen LogP contribution < -0.4 is 0 Å². The molecule has 1 saturated heterocycles. The Morgan fingerprint density at radius 2 is 1.93 bits per heavy atom. The van der Waals surface area contributed by atoms with Gasteiger partial charge in [0.2, 0.25) is 0 Å². The Bertz CT molecular complexity index is 361. The molecule has 5 nitrogen and oxygen atoms in total. The molecule has 1 aliphatic heterocycles. The van der Waals surface area contributed by atoms with E-state index in [9.17, 15) is 4.79 Å². The van der Waals surface area contributed by atoms with Crippen LogP contribution in [0.2, 0.25) is 0 Å². The largest absolute Gasteiger partial charge is 0.317 e. The van der Waals surface area contributed by atoms with Gasteiger partial charge in [-0.2, -0.15) is 0 Å². The molecule has 2 heterocycles. The van der Waals surface area contributed by atoms with E-state index in [0.29, 0.717) is 18.6 Å². The van der Waals surface area contributed by atoms with Crippen LogP contribution in [-0.4, -0.2) is 38.5 Å². The van der Waals surface area contributed by atoms with E-state index in [0.717, 1.165) is 31.3 Å². The summed E-state index contributed by atoms with van der Waals surface area (Å²) in [4.78, 5) is 13.3. The van der Waals surface area contributed by atoms with E-state index in [1.807, 2.05) is 18.5 Å². The molecule has 1 aliphatic rings. The average Bonchev–Trinajstić information content (AvgIpc) is 2.53. The first kappa shape index (κ1) is 10.3. The van der Waals surface area contributed by atoms with Crippen molar-refractivity contribution in [3.05, 3.63) is 11.6 Å². The fourth-order valence-corrected chi connectivity index (χ4v) is 1.75. The number of piperidine rings is 1. The lowest BCUT2D eigenvalue weighted by Gasteiger charge is -2.24. The van der Waals surface area contributed by atoms with Gasteiger partial charge in [0, 0.05) is 33.0 Å². The third-order valence-corrected chi connectivity index (χ3v) is 2.96. The maximum Gasteiger partial charge on any atom is 0.146 e. The summed E-state index contributed by atoms with van der Waals surface area (Å²) in [5.74, 6) is 2.28. The molecule has 82 valence electrons. The summed E-state index contributed by atoms with van der Waals surface area (Å²) in [7, 11) is 1.97. The van der Waals surface area contributed by atoms with Crippen molar-refractivity contribution in [2.24, 2.45) is 7.05 Å². The summed E-state index contributed by atoms with van der Waals surface area (Å²) in [6.07, 6.45) is 1.35. The highest BCUT2D eigenvalue weighted by Crippen LogP contribution is 2.09. The molecule has 0 saturated carbocycles. The highest BCUT2D eigenvalue weighted by atomic mass is 16.1. The Hall–Kier alpha value is -1.23. The summed E-state index contributed by atoms with van der Waals surface area (Å²) in [5.41, 5.74) is 0. The molecule has 0 spiro atoms. The van der Waals surface area contributed by atoms with Crippen molar-refractivity contribution in [2.75, 3.05) is 13.1 Å². The molecule has 0 atom stereocenters. The normalized spacial score (nSPS) is 18.4. The molecule has 0 aromatic carbocycles. The molecule has 1 aromatic rings. The van der Waals surface area contributed by atoms with Crippen LogP contribution in [0.3, 0.4) is 0 Å². The van der Waals surface area contributed by atoms with Crippen LogP contribution in [0.4, 0.5) is 0 Å². The Morgan fingerprint density at radius 3 is 2.47 bits per heavy atom. The number of rotatable bonds is 2. The predicted molar refractivity (Wildman–Crippen MR) is 55.3 cm³/mol. The van der Waals surface area contributed by atoms with E-state index in [1.54, 1.807) is 0 Å². The number of carbonyl (C=O) groups excluding carboxylic acids is 1. The number of hydrogen-bond donors (Lipinski definition) is 0. The molecule has 15 heavy (non-hydrogen) atoms. The molecule has 1 aromatic heterocycles. The number of carbonyl (C=O) groups is 1. The molecule has 1 fully saturated rings. The van der Waals surface area contributed by atoms with Crippen molar-refractivity contribution in [2.45, 2.75) is 26.3 Å². The van der Waals surface area contributed by atoms with Crippen LogP contribution in [0, 0.1) is 6.92 Å². The maximum absolute atomic E-state index is 11.1. The highest BCUT2D eigenvalue weighted by Gasteiger charge is 2.18. The van der Waals surface area contributed by atoms with Crippen molar-refractivity contribution in [1.82, 2.24) is 19.7 Å². The molecule has 5 heteroatoms. The molecule has 2 rings (SSSR count). The number of nitrogens with zero attached hydrogens (tertiary/aromatic N) is 4. The number of likely N-dealkylation sites (tertiary alicyclic amines) is 1. The number of aromatic nitrogens is 3. The Balaban J connectivity index is 1.97. The van der Waals surface area contributed by atoms with Gasteiger partial charge in [0.1, 0.15) is 17.4 Å². The highest BCUT2D eigenvalue weighted by molar-refractivity contribution is 5.79. The van der Waals surface area contributed by atoms with Crippen molar-refractivity contribution >= 4 is 5.78 Å². The first-order valence-electron chi connectivity index (χ1n) is 5.26. The fraction of sp³-hybridized carbons (Fsp3) is 0.700. The van der Waals surface area contributed by atoms with Crippen molar-refractivity contribution in [3.63, 3.8) is 0 Å². The molecule has 0 radical (unpaired) electrons. The lowest BCUT2D eigenvalue weighted by atomic mass is 10.1. The molecule has 0 unspecified atom stereocenters. The minimum atomic E-state index is 0.375. The van der Waals surface area contributed by atoms with Gasteiger partial charge in [0.15, 0.2) is 0 Å². The Morgan fingerprint density at radius 1 is 1.27 bits per heavy atom. The van der Waals surface area contributed by atoms with Gasteiger partial charge < -0.3 is 4.57 Å². The minimum absolute atomic E-state index is 0.375. The zero-order valence-corrected chi connectivity index (χ0v) is 9.23. The Labute approximate surface area is 89.1 Å². The number of aryl methyl sites for hydroxylation is 1. The van der Waals surface area contributed by atoms with Gasteiger partial charge in [-0.05, 0) is 6.92 Å². The zero-order valence-electron chi connectivity index (χ0n) is 9.23. The van der Waals surface area contributed by atoms with E-state index in [4.69, 9.17) is 0 Å². The standard InChI is InChI=1S/C10H16N4O/c1-8-11-12-10(13(8)2)7-14-5-3-9(15)4-6-14/h3-7H2,1-2H3. The summed E-state index contributed by atoms with van der Waals surface area (Å²) >= 11 is 0. The number of Topliss-reactive ketones (excluding diaryl/α,β-unsaturated/α-hetero) is 1. The van der Waals surface area contributed by atoms with Crippen molar-refractivity contribution in [3.8, 4) is 0 Å².